The lowest BCUT2D eigenvalue weighted by molar-refractivity contribution is -0.150. The second kappa shape index (κ2) is 7.85. The number of carbonyl (C=O) groups is 1. The average molecular weight is 270 g/mol. The van der Waals surface area contributed by atoms with E-state index in [-0.39, 0.29) is 5.97 Å². The minimum absolute atomic E-state index is 0.132. The van der Waals surface area contributed by atoms with Crippen molar-refractivity contribution >= 4 is 5.97 Å². The number of unbranched alkanes of at least 4 members (excludes halogenated alkanes) is 1. The summed E-state index contributed by atoms with van der Waals surface area (Å²) in [6.45, 7) is 8.76. The summed E-state index contributed by atoms with van der Waals surface area (Å²) in [7, 11) is 1.83. The molecule has 0 aromatic carbocycles. The van der Waals surface area contributed by atoms with E-state index in [1.54, 1.807) is 0 Å². The van der Waals surface area contributed by atoms with Crippen LogP contribution in [0.4, 0.5) is 0 Å². The monoisotopic (exact) mass is 270 g/mol. The molecular formula is C15H30N2O2. The molecule has 0 aromatic heterocycles. The normalized spacial score (nSPS) is 18.4. The largest absolute Gasteiger partial charge is 0.465 e. The van der Waals surface area contributed by atoms with Crippen molar-refractivity contribution in [2.24, 2.45) is 0 Å². The maximum absolute atomic E-state index is 11.9. The number of rotatable bonds is 10. The van der Waals surface area contributed by atoms with Gasteiger partial charge < -0.3 is 15.0 Å². The van der Waals surface area contributed by atoms with Crippen LogP contribution in [0.3, 0.4) is 0 Å². The Morgan fingerprint density at radius 2 is 2.05 bits per heavy atom. The van der Waals surface area contributed by atoms with E-state index in [2.05, 4.69) is 17.1 Å². The molecule has 1 saturated carbocycles. The van der Waals surface area contributed by atoms with E-state index in [1.807, 2.05) is 20.9 Å². The van der Waals surface area contributed by atoms with Crippen LogP contribution in [-0.2, 0) is 9.53 Å². The van der Waals surface area contributed by atoms with Gasteiger partial charge in [-0.1, -0.05) is 6.92 Å². The molecule has 1 fully saturated rings. The van der Waals surface area contributed by atoms with Crippen LogP contribution < -0.4 is 5.32 Å². The quantitative estimate of drug-likeness (QED) is 0.488. The molecule has 4 nitrogen and oxygen atoms in total. The lowest BCUT2D eigenvalue weighted by atomic mass is 9.95. The summed E-state index contributed by atoms with van der Waals surface area (Å²) in [6.07, 6.45) is 5.78. The summed E-state index contributed by atoms with van der Waals surface area (Å²) < 4.78 is 5.13. The molecule has 0 amide bonds. The predicted molar refractivity (Wildman–Crippen MR) is 78.2 cm³/mol. The molecule has 1 aliphatic carbocycles. The van der Waals surface area contributed by atoms with Crippen molar-refractivity contribution in [3.05, 3.63) is 0 Å². The zero-order valence-electron chi connectivity index (χ0n) is 13.0. The van der Waals surface area contributed by atoms with Gasteiger partial charge in [0, 0.05) is 6.04 Å². The standard InChI is InChI=1S/C15H30N2O2/c1-5-17(13-9-10-13)12-8-7-11-15(3,16-4)14(18)19-6-2/h13,16H,5-12H2,1-4H3. The Hall–Kier alpha value is -0.610. The third-order valence-corrected chi connectivity index (χ3v) is 4.12. The fourth-order valence-corrected chi connectivity index (χ4v) is 2.45. The van der Waals surface area contributed by atoms with Gasteiger partial charge in [-0.2, -0.15) is 0 Å². The Kier molecular flexibility index (Phi) is 6.80. The molecule has 0 heterocycles. The van der Waals surface area contributed by atoms with Crippen LogP contribution in [0.5, 0.6) is 0 Å². The molecule has 4 heteroatoms. The highest BCUT2D eigenvalue weighted by Gasteiger charge is 2.32. The van der Waals surface area contributed by atoms with Gasteiger partial charge in [0.1, 0.15) is 5.54 Å². The van der Waals surface area contributed by atoms with Crippen molar-refractivity contribution in [1.29, 1.82) is 0 Å². The zero-order chi connectivity index (χ0) is 14.3. The Morgan fingerprint density at radius 1 is 1.37 bits per heavy atom. The molecule has 1 N–H and O–H groups in total. The van der Waals surface area contributed by atoms with Crippen LogP contribution in [0, 0.1) is 0 Å². The highest BCUT2D eigenvalue weighted by atomic mass is 16.5. The van der Waals surface area contributed by atoms with Crippen molar-refractivity contribution in [3.63, 3.8) is 0 Å². The van der Waals surface area contributed by atoms with Crippen molar-refractivity contribution in [2.45, 2.75) is 64.5 Å². The third kappa shape index (κ3) is 5.11. The Labute approximate surface area is 117 Å². The van der Waals surface area contributed by atoms with Gasteiger partial charge >= 0.3 is 5.97 Å². The first-order valence-corrected chi connectivity index (χ1v) is 7.67. The molecule has 1 unspecified atom stereocenters. The summed E-state index contributed by atoms with van der Waals surface area (Å²) in [5.41, 5.74) is -0.535. The van der Waals surface area contributed by atoms with Crippen molar-refractivity contribution in [3.8, 4) is 0 Å². The first kappa shape index (κ1) is 16.4. The van der Waals surface area contributed by atoms with Crippen molar-refractivity contribution in [2.75, 3.05) is 26.7 Å². The average Bonchev–Trinajstić information content (AvgIpc) is 3.23. The number of nitrogens with zero attached hydrogens (tertiary/aromatic N) is 1. The number of likely N-dealkylation sites (N-methyl/N-ethyl adjacent to an activating group) is 1. The number of esters is 1. The summed E-state index contributed by atoms with van der Waals surface area (Å²) in [4.78, 5) is 14.5. The van der Waals surface area contributed by atoms with E-state index in [0.717, 1.165) is 38.4 Å². The molecule has 0 aromatic rings. The number of hydrogen-bond acceptors (Lipinski definition) is 4. The topological polar surface area (TPSA) is 41.6 Å². The highest BCUT2D eigenvalue weighted by molar-refractivity contribution is 5.80. The number of nitrogens with one attached hydrogen (secondary N) is 1. The Bertz CT molecular complexity index is 279. The number of ether oxygens (including phenoxy) is 1. The minimum Gasteiger partial charge on any atom is -0.465 e. The van der Waals surface area contributed by atoms with Crippen LogP contribution in [0.15, 0.2) is 0 Å². The number of hydrogen-bond donors (Lipinski definition) is 1. The van der Waals surface area contributed by atoms with Gasteiger partial charge in [-0.15, -0.1) is 0 Å². The molecule has 1 atom stereocenters. The van der Waals surface area contributed by atoms with E-state index in [1.165, 1.54) is 12.8 Å². The predicted octanol–water partition coefficient (Wildman–Crippen LogP) is 2.18. The van der Waals surface area contributed by atoms with E-state index in [9.17, 15) is 4.79 Å². The molecular weight excluding hydrogens is 240 g/mol. The lowest BCUT2D eigenvalue weighted by Gasteiger charge is -2.27. The fraction of sp³-hybridized carbons (Fsp3) is 0.933. The fourth-order valence-electron chi connectivity index (χ4n) is 2.45. The molecule has 112 valence electrons. The Morgan fingerprint density at radius 3 is 2.53 bits per heavy atom. The molecule has 0 bridgehead atoms. The van der Waals surface area contributed by atoms with Crippen LogP contribution in [-0.4, -0.2) is 49.2 Å². The van der Waals surface area contributed by atoms with Crippen LogP contribution in [0.25, 0.3) is 0 Å². The molecule has 0 radical (unpaired) electrons. The summed E-state index contributed by atoms with van der Waals surface area (Å²) in [5.74, 6) is -0.132. The van der Waals surface area contributed by atoms with Crippen LogP contribution in [0.1, 0.15) is 52.9 Å². The molecule has 0 spiro atoms. The summed E-state index contributed by atoms with van der Waals surface area (Å²) in [5, 5.41) is 3.11. The molecule has 19 heavy (non-hydrogen) atoms. The summed E-state index contributed by atoms with van der Waals surface area (Å²) in [6, 6.07) is 0.839. The Balaban J connectivity index is 2.26. The van der Waals surface area contributed by atoms with Gasteiger partial charge in [0.2, 0.25) is 0 Å². The van der Waals surface area contributed by atoms with E-state index in [0.29, 0.717) is 6.61 Å². The number of carbonyl (C=O) groups excluding carboxylic acids is 1. The van der Waals surface area contributed by atoms with Crippen LogP contribution in [0.2, 0.25) is 0 Å². The van der Waals surface area contributed by atoms with Gasteiger partial charge in [0.25, 0.3) is 0 Å². The summed E-state index contributed by atoms with van der Waals surface area (Å²) >= 11 is 0. The highest BCUT2D eigenvalue weighted by Crippen LogP contribution is 2.27. The van der Waals surface area contributed by atoms with Gasteiger partial charge in [0.05, 0.1) is 6.61 Å². The van der Waals surface area contributed by atoms with Gasteiger partial charge in [-0.3, -0.25) is 4.79 Å². The first-order chi connectivity index (χ1) is 9.07. The van der Waals surface area contributed by atoms with Crippen molar-refractivity contribution < 1.29 is 9.53 Å². The van der Waals surface area contributed by atoms with E-state index in [4.69, 9.17) is 4.74 Å². The first-order valence-electron chi connectivity index (χ1n) is 7.67. The molecule has 0 saturated heterocycles. The smallest absolute Gasteiger partial charge is 0.326 e. The lowest BCUT2D eigenvalue weighted by Crippen LogP contribution is -2.48. The molecule has 0 aliphatic heterocycles. The maximum Gasteiger partial charge on any atom is 0.326 e. The van der Waals surface area contributed by atoms with E-state index >= 15 is 0 Å². The third-order valence-electron chi connectivity index (χ3n) is 4.12. The second-order valence-corrected chi connectivity index (χ2v) is 5.62. The SMILES string of the molecule is CCOC(=O)C(C)(CCCCN(CC)C1CC1)NC. The minimum atomic E-state index is -0.535. The molecule has 1 rings (SSSR count). The second-order valence-electron chi connectivity index (χ2n) is 5.62. The van der Waals surface area contributed by atoms with Crippen molar-refractivity contribution in [1.82, 2.24) is 10.2 Å². The van der Waals surface area contributed by atoms with Gasteiger partial charge in [-0.25, -0.2) is 0 Å². The maximum atomic E-state index is 11.9. The van der Waals surface area contributed by atoms with Gasteiger partial charge in [-0.05, 0) is 66.1 Å². The zero-order valence-corrected chi connectivity index (χ0v) is 13.0. The van der Waals surface area contributed by atoms with Gasteiger partial charge in [0.15, 0.2) is 0 Å². The van der Waals surface area contributed by atoms with E-state index < -0.39 is 5.54 Å². The molecule has 1 aliphatic rings. The van der Waals surface area contributed by atoms with Crippen LogP contribution >= 0.6 is 0 Å².